The summed E-state index contributed by atoms with van der Waals surface area (Å²) in [6.07, 6.45) is 12.9. The molecule has 10 aromatic rings. The molecule has 0 spiro atoms. The number of para-hydroxylation sites is 4. The zero-order valence-corrected chi connectivity index (χ0v) is 37.7. The Morgan fingerprint density at radius 3 is 1.10 bits per heavy atom. The Kier molecular flexibility index (Phi) is 8.47. The van der Waals surface area contributed by atoms with Gasteiger partial charge in [-0.05, 0) is 122 Å². The molecular weight excluding hydrogens is 811 g/mol. The summed E-state index contributed by atoms with van der Waals surface area (Å²) in [6, 6.07) is 48.9. The summed E-state index contributed by atoms with van der Waals surface area (Å²) in [5.74, 6) is 3.52. The van der Waals surface area contributed by atoms with Crippen LogP contribution < -0.4 is 9.05 Å². The summed E-state index contributed by atoms with van der Waals surface area (Å²) in [5.41, 5.74) is 15.3. The van der Waals surface area contributed by atoms with E-state index in [1.165, 1.54) is 107 Å². The van der Waals surface area contributed by atoms with Crippen molar-refractivity contribution >= 4 is 60.5 Å². The maximum atomic E-state index is 7.75. The molecular formula is C55H48N4O2P2. The standard InChI is InChI=1S/C55H48N4O2P2/c1-34-30-56(46-24-9-5-16-38(34)46)62(57-31-35(2)39-17-6-10-25-47(39)57)60-50-28-14-22-44-52-42-20-13-21-43(42)55(53(44)50)54-45(52)23-15-29-51(54)61-63(58-32-36(3)40-18-7-11-26-48(40)58)59-33-37(4)41-19-8-12-27-49(41)59/h5-12,14-19,22-33,42-43,52,55H,13,20-21H2,1-4H3. The highest BCUT2D eigenvalue weighted by Gasteiger charge is 2.54. The zero-order chi connectivity index (χ0) is 42.1. The van der Waals surface area contributed by atoms with Gasteiger partial charge in [0.05, 0.1) is 22.1 Å². The Bertz CT molecular complexity index is 3080. The fourth-order valence-corrected chi connectivity index (χ4v) is 15.9. The summed E-state index contributed by atoms with van der Waals surface area (Å²) in [7, 11) is -2.81. The van der Waals surface area contributed by atoms with Gasteiger partial charge in [-0.15, -0.1) is 0 Å². The Balaban J connectivity index is 0.998. The minimum atomic E-state index is -1.40. The summed E-state index contributed by atoms with van der Waals surface area (Å²) in [5, 5.41) is 5.03. The van der Waals surface area contributed by atoms with E-state index < -0.39 is 16.9 Å². The summed E-state index contributed by atoms with van der Waals surface area (Å²) in [4.78, 5) is 0. The number of aryl methyl sites for hydroxylation is 4. The first kappa shape index (κ1) is 37.5. The molecule has 8 heteroatoms. The van der Waals surface area contributed by atoms with Gasteiger partial charge in [0.1, 0.15) is 11.5 Å². The van der Waals surface area contributed by atoms with Crippen LogP contribution in [0, 0.1) is 39.5 Å². The topological polar surface area (TPSA) is 38.2 Å². The van der Waals surface area contributed by atoms with Crippen molar-refractivity contribution in [3.05, 3.63) is 203 Å². The molecule has 0 amide bonds. The first-order valence-electron chi connectivity index (χ1n) is 22.4. The number of nitrogens with zero attached hydrogens (tertiary/aromatic N) is 4. The molecule has 6 nitrogen and oxygen atoms in total. The molecule has 0 saturated heterocycles. The molecule has 4 aromatic heterocycles. The lowest BCUT2D eigenvalue weighted by atomic mass is 9.55. The van der Waals surface area contributed by atoms with Gasteiger partial charge >= 0.3 is 16.9 Å². The number of aromatic nitrogens is 4. The molecule has 6 aromatic carbocycles. The van der Waals surface area contributed by atoms with E-state index in [4.69, 9.17) is 9.05 Å². The van der Waals surface area contributed by atoms with E-state index in [1.807, 2.05) is 0 Å². The lowest BCUT2D eigenvalue weighted by molar-refractivity contribution is 0.265. The van der Waals surface area contributed by atoms with Gasteiger partial charge in [0, 0.05) is 69.3 Å². The van der Waals surface area contributed by atoms with Gasteiger partial charge < -0.3 is 9.05 Å². The van der Waals surface area contributed by atoms with E-state index in [0.717, 1.165) is 11.5 Å². The fourth-order valence-electron chi connectivity index (χ4n) is 12.0. The largest absolute Gasteiger partial charge is 0.436 e. The highest BCUT2D eigenvalue weighted by atomic mass is 31.2. The van der Waals surface area contributed by atoms with Crippen molar-refractivity contribution in [2.75, 3.05) is 0 Å². The lowest BCUT2D eigenvalue weighted by Crippen LogP contribution is -2.37. The second-order valence-corrected chi connectivity index (χ2v) is 21.2. The van der Waals surface area contributed by atoms with Crippen LogP contribution in [0.25, 0.3) is 43.6 Å². The van der Waals surface area contributed by atoms with Crippen LogP contribution in [-0.2, 0) is 0 Å². The molecule has 310 valence electrons. The van der Waals surface area contributed by atoms with Gasteiger partial charge in [0.2, 0.25) is 0 Å². The van der Waals surface area contributed by atoms with Crippen LogP contribution in [0.5, 0.6) is 11.5 Å². The molecule has 4 heterocycles. The molecule has 4 aliphatic rings. The quantitative estimate of drug-likeness (QED) is 0.143. The van der Waals surface area contributed by atoms with Gasteiger partial charge in [0.25, 0.3) is 0 Å². The van der Waals surface area contributed by atoms with Gasteiger partial charge in [0.15, 0.2) is 0 Å². The van der Waals surface area contributed by atoms with Gasteiger partial charge in [-0.3, -0.25) is 17.4 Å². The van der Waals surface area contributed by atoms with Crippen molar-refractivity contribution in [1.29, 1.82) is 0 Å². The van der Waals surface area contributed by atoms with E-state index >= 15 is 0 Å². The molecule has 0 aliphatic heterocycles. The Morgan fingerprint density at radius 2 is 0.730 bits per heavy atom. The van der Waals surface area contributed by atoms with Gasteiger partial charge in [-0.2, -0.15) is 0 Å². The molecule has 1 saturated carbocycles. The average Bonchev–Trinajstić information content (AvgIpc) is 4.15. The third kappa shape index (κ3) is 5.51. The summed E-state index contributed by atoms with van der Waals surface area (Å²) >= 11 is 0. The Morgan fingerprint density at radius 1 is 0.397 bits per heavy atom. The molecule has 2 unspecified atom stereocenters. The number of rotatable bonds is 8. The van der Waals surface area contributed by atoms with Crippen molar-refractivity contribution in [2.24, 2.45) is 11.8 Å². The van der Waals surface area contributed by atoms with Crippen LogP contribution in [0.15, 0.2) is 158 Å². The van der Waals surface area contributed by atoms with Crippen molar-refractivity contribution in [2.45, 2.75) is 58.8 Å². The fraction of sp³-hybridized carbons (Fsp3) is 0.200. The van der Waals surface area contributed by atoms with E-state index in [0.29, 0.717) is 11.8 Å². The Hall–Kier alpha value is -6.06. The molecule has 2 bridgehead atoms. The van der Waals surface area contributed by atoms with E-state index in [-0.39, 0.29) is 11.8 Å². The van der Waals surface area contributed by atoms with E-state index in [2.05, 4.69) is 203 Å². The summed E-state index contributed by atoms with van der Waals surface area (Å²) in [6.45, 7) is 8.88. The highest BCUT2D eigenvalue weighted by molar-refractivity contribution is 7.50. The van der Waals surface area contributed by atoms with Crippen LogP contribution in [0.2, 0.25) is 0 Å². The van der Waals surface area contributed by atoms with Crippen LogP contribution >= 0.6 is 16.9 Å². The summed E-state index contributed by atoms with van der Waals surface area (Å²) < 4.78 is 25.1. The maximum absolute atomic E-state index is 7.75. The molecule has 1 fully saturated rings. The van der Waals surface area contributed by atoms with E-state index in [1.54, 1.807) is 0 Å². The second kappa shape index (κ2) is 14.2. The van der Waals surface area contributed by atoms with Crippen molar-refractivity contribution in [3.8, 4) is 11.5 Å². The SMILES string of the molecule is Cc1cn(P(Oc2cccc3c2C2c4c(OP(n5cc(C)c6ccccc65)n5cc(C)c6ccccc65)cccc4C3C3CCCC23)n2cc(C)c3ccccc32)c2ccccc12. The highest BCUT2D eigenvalue weighted by Crippen LogP contribution is 2.67. The predicted octanol–water partition coefficient (Wildman–Crippen LogP) is 15.2. The number of benzene rings is 6. The average molecular weight is 859 g/mol. The number of hydrogen-bond donors (Lipinski definition) is 0. The molecule has 0 N–H and O–H groups in total. The van der Waals surface area contributed by atoms with Crippen LogP contribution in [0.1, 0.15) is 75.6 Å². The molecule has 14 rings (SSSR count). The number of fused-ring (bicyclic) bond motifs is 4. The van der Waals surface area contributed by atoms with Crippen LogP contribution in [0.4, 0.5) is 0 Å². The minimum absolute atomic E-state index is 0.145. The monoisotopic (exact) mass is 858 g/mol. The minimum Gasteiger partial charge on any atom is -0.436 e. The smallest absolute Gasteiger partial charge is 0.318 e. The van der Waals surface area contributed by atoms with Crippen LogP contribution in [0.3, 0.4) is 0 Å². The van der Waals surface area contributed by atoms with Crippen LogP contribution in [-0.4, -0.2) is 17.4 Å². The molecule has 0 radical (unpaired) electrons. The van der Waals surface area contributed by atoms with Crippen molar-refractivity contribution in [1.82, 2.24) is 17.4 Å². The Labute approximate surface area is 370 Å². The van der Waals surface area contributed by atoms with Crippen molar-refractivity contribution < 1.29 is 9.05 Å². The molecule has 63 heavy (non-hydrogen) atoms. The maximum Gasteiger partial charge on any atom is 0.318 e. The van der Waals surface area contributed by atoms with E-state index in [9.17, 15) is 0 Å². The normalized spacial score (nSPS) is 18.9. The predicted molar refractivity (Wildman–Crippen MR) is 261 cm³/mol. The van der Waals surface area contributed by atoms with Gasteiger partial charge in [-0.25, -0.2) is 0 Å². The zero-order valence-electron chi connectivity index (χ0n) is 35.9. The first-order chi connectivity index (χ1) is 30.9. The molecule has 2 atom stereocenters. The van der Waals surface area contributed by atoms with Gasteiger partial charge in [-0.1, -0.05) is 103 Å². The first-order valence-corrected chi connectivity index (χ1v) is 24.8. The second-order valence-electron chi connectivity index (χ2n) is 18.1. The lowest BCUT2D eigenvalue weighted by Gasteiger charge is -2.49. The third-order valence-electron chi connectivity index (χ3n) is 14.6. The molecule has 4 aliphatic carbocycles. The number of hydrogen-bond acceptors (Lipinski definition) is 2. The van der Waals surface area contributed by atoms with Crippen molar-refractivity contribution in [3.63, 3.8) is 0 Å². The third-order valence-corrected chi connectivity index (χ3v) is 18.2.